The van der Waals surface area contributed by atoms with Gasteiger partial charge in [0.15, 0.2) is 0 Å². The largest absolute Gasteiger partial charge is 0.489 e. The van der Waals surface area contributed by atoms with E-state index in [-0.39, 0.29) is 13.2 Å². The summed E-state index contributed by atoms with van der Waals surface area (Å²) in [5.74, 6) is 0.569. The predicted molar refractivity (Wildman–Crippen MR) is 77.0 cm³/mol. The summed E-state index contributed by atoms with van der Waals surface area (Å²) in [4.78, 5) is 0. The number of ether oxygens (including phenoxy) is 1. The van der Waals surface area contributed by atoms with Crippen molar-refractivity contribution in [1.29, 1.82) is 0 Å². The highest BCUT2D eigenvalue weighted by Crippen LogP contribution is 2.30. The van der Waals surface area contributed by atoms with E-state index in [1.165, 1.54) is 0 Å². The van der Waals surface area contributed by atoms with Crippen LogP contribution in [0, 0.1) is 0 Å². The number of hydrogen-bond donors (Lipinski definition) is 2. The van der Waals surface area contributed by atoms with E-state index < -0.39 is 6.10 Å². The summed E-state index contributed by atoms with van der Waals surface area (Å²) < 4.78 is 6.38. The van der Waals surface area contributed by atoms with Crippen LogP contribution in [0.25, 0.3) is 0 Å². The van der Waals surface area contributed by atoms with Crippen LogP contribution >= 0.6 is 15.9 Å². The van der Waals surface area contributed by atoms with Crippen molar-refractivity contribution in [3.8, 4) is 5.75 Å². The summed E-state index contributed by atoms with van der Waals surface area (Å²) in [6, 6.07) is 14.8. The minimum atomic E-state index is -0.695. The Hall–Kier alpha value is -1.36. The highest BCUT2D eigenvalue weighted by Gasteiger charge is 2.12. The molecule has 0 radical (unpaired) electrons. The summed E-state index contributed by atoms with van der Waals surface area (Å²) in [5.41, 5.74) is 1.50. The van der Waals surface area contributed by atoms with E-state index in [9.17, 15) is 10.2 Å². The molecule has 2 rings (SSSR count). The Morgan fingerprint density at radius 2 is 1.79 bits per heavy atom. The lowest BCUT2D eigenvalue weighted by Gasteiger charge is -2.15. The summed E-state index contributed by atoms with van der Waals surface area (Å²) in [6.45, 7) is 0.0375. The fourth-order valence-corrected chi connectivity index (χ4v) is 2.30. The molecule has 0 bridgehead atoms. The first-order valence-corrected chi connectivity index (χ1v) is 6.75. The number of aliphatic hydroxyl groups excluding tert-OH is 2. The molecule has 0 saturated carbocycles. The fraction of sp³-hybridized carbons (Fsp3) is 0.200. The van der Waals surface area contributed by atoms with Crippen molar-refractivity contribution in [3.05, 3.63) is 64.1 Å². The minimum absolute atomic E-state index is 0.101. The minimum Gasteiger partial charge on any atom is -0.489 e. The first kappa shape index (κ1) is 14.1. The standard InChI is InChI=1S/C15H15BrO3/c16-13-8-4-7-12(9-17)15(13)19-10-14(18)11-5-2-1-3-6-11/h1-8,14,17-18H,9-10H2. The van der Waals surface area contributed by atoms with Crippen molar-refractivity contribution >= 4 is 15.9 Å². The molecular formula is C15H15BrO3. The van der Waals surface area contributed by atoms with E-state index in [0.717, 1.165) is 10.0 Å². The second kappa shape index (κ2) is 6.70. The fourth-order valence-electron chi connectivity index (χ4n) is 1.77. The molecule has 1 atom stereocenters. The van der Waals surface area contributed by atoms with E-state index in [1.807, 2.05) is 42.5 Å². The molecule has 2 N–H and O–H groups in total. The van der Waals surface area contributed by atoms with Crippen LogP contribution in [-0.4, -0.2) is 16.8 Å². The van der Waals surface area contributed by atoms with Gasteiger partial charge in [-0.2, -0.15) is 0 Å². The summed E-state index contributed by atoms with van der Waals surface area (Å²) >= 11 is 3.38. The molecule has 3 nitrogen and oxygen atoms in total. The number of rotatable bonds is 5. The number of halogens is 1. The molecule has 0 aliphatic rings. The van der Waals surface area contributed by atoms with Gasteiger partial charge in [0.2, 0.25) is 0 Å². The Balaban J connectivity index is 2.07. The van der Waals surface area contributed by atoms with Gasteiger partial charge >= 0.3 is 0 Å². The maximum atomic E-state index is 10.0. The van der Waals surface area contributed by atoms with E-state index in [4.69, 9.17) is 4.74 Å². The predicted octanol–water partition coefficient (Wildman–Crippen LogP) is 3.05. The van der Waals surface area contributed by atoms with Gasteiger partial charge in [-0.25, -0.2) is 0 Å². The Morgan fingerprint density at radius 3 is 2.47 bits per heavy atom. The lowest BCUT2D eigenvalue weighted by Crippen LogP contribution is -2.10. The molecule has 0 fully saturated rings. The molecule has 0 spiro atoms. The molecule has 2 aromatic carbocycles. The zero-order valence-corrected chi connectivity index (χ0v) is 11.9. The highest BCUT2D eigenvalue weighted by atomic mass is 79.9. The lowest BCUT2D eigenvalue weighted by molar-refractivity contribution is 0.106. The molecule has 1 unspecified atom stereocenters. The molecule has 0 saturated heterocycles. The van der Waals surface area contributed by atoms with Gasteiger partial charge in [0.25, 0.3) is 0 Å². The van der Waals surface area contributed by atoms with Crippen LogP contribution in [0.15, 0.2) is 53.0 Å². The van der Waals surface area contributed by atoms with Gasteiger partial charge in [0, 0.05) is 5.56 Å². The Bertz CT molecular complexity index is 528. The van der Waals surface area contributed by atoms with E-state index in [2.05, 4.69) is 15.9 Å². The van der Waals surface area contributed by atoms with E-state index in [1.54, 1.807) is 6.07 Å². The Kier molecular flexibility index (Phi) is 4.96. The second-order valence-corrected chi connectivity index (χ2v) is 4.98. The SMILES string of the molecule is OCc1cccc(Br)c1OCC(O)c1ccccc1. The average Bonchev–Trinajstić information content (AvgIpc) is 2.46. The molecule has 0 aliphatic carbocycles. The number of aliphatic hydroxyl groups is 2. The first-order chi connectivity index (χ1) is 9.22. The Morgan fingerprint density at radius 1 is 1.05 bits per heavy atom. The molecule has 0 amide bonds. The van der Waals surface area contributed by atoms with Crippen molar-refractivity contribution in [2.24, 2.45) is 0 Å². The first-order valence-electron chi connectivity index (χ1n) is 5.96. The normalized spacial score (nSPS) is 12.2. The van der Waals surface area contributed by atoms with Crippen LogP contribution in [0.3, 0.4) is 0 Å². The molecule has 19 heavy (non-hydrogen) atoms. The molecule has 0 aliphatic heterocycles. The maximum Gasteiger partial charge on any atom is 0.139 e. The molecule has 0 heterocycles. The molecule has 100 valence electrons. The third-order valence-electron chi connectivity index (χ3n) is 2.79. The van der Waals surface area contributed by atoms with Crippen LogP contribution in [0.1, 0.15) is 17.2 Å². The zero-order valence-electron chi connectivity index (χ0n) is 10.3. The molecular weight excluding hydrogens is 308 g/mol. The van der Waals surface area contributed by atoms with Gasteiger partial charge in [-0.05, 0) is 27.6 Å². The molecule has 4 heteroatoms. The topological polar surface area (TPSA) is 49.7 Å². The van der Waals surface area contributed by atoms with Gasteiger partial charge in [-0.1, -0.05) is 42.5 Å². The summed E-state index contributed by atoms with van der Waals surface area (Å²) in [5, 5.41) is 19.3. The smallest absolute Gasteiger partial charge is 0.139 e. The van der Waals surface area contributed by atoms with Crippen molar-refractivity contribution in [3.63, 3.8) is 0 Å². The monoisotopic (exact) mass is 322 g/mol. The van der Waals surface area contributed by atoms with Gasteiger partial charge in [0.1, 0.15) is 18.5 Å². The quantitative estimate of drug-likeness (QED) is 0.889. The third kappa shape index (κ3) is 3.56. The zero-order chi connectivity index (χ0) is 13.7. The average molecular weight is 323 g/mol. The van der Waals surface area contributed by atoms with Crippen molar-refractivity contribution < 1.29 is 14.9 Å². The van der Waals surface area contributed by atoms with Crippen molar-refractivity contribution in [1.82, 2.24) is 0 Å². The maximum absolute atomic E-state index is 10.0. The van der Waals surface area contributed by atoms with Crippen molar-refractivity contribution in [2.45, 2.75) is 12.7 Å². The second-order valence-electron chi connectivity index (χ2n) is 4.12. The summed E-state index contributed by atoms with van der Waals surface area (Å²) in [6.07, 6.45) is -0.695. The number of hydrogen-bond acceptors (Lipinski definition) is 3. The van der Waals surface area contributed by atoms with Gasteiger partial charge in [-0.15, -0.1) is 0 Å². The van der Waals surface area contributed by atoms with Crippen LogP contribution in [0.5, 0.6) is 5.75 Å². The number of benzene rings is 2. The van der Waals surface area contributed by atoms with Crippen LogP contribution in [0.2, 0.25) is 0 Å². The lowest BCUT2D eigenvalue weighted by atomic mass is 10.1. The van der Waals surface area contributed by atoms with E-state index >= 15 is 0 Å². The van der Waals surface area contributed by atoms with Crippen molar-refractivity contribution in [2.75, 3.05) is 6.61 Å². The molecule has 2 aromatic rings. The van der Waals surface area contributed by atoms with Crippen LogP contribution in [0.4, 0.5) is 0 Å². The van der Waals surface area contributed by atoms with Crippen LogP contribution in [-0.2, 0) is 6.61 Å². The van der Waals surface area contributed by atoms with Crippen LogP contribution < -0.4 is 4.74 Å². The highest BCUT2D eigenvalue weighted by molar-refractivity contribution is 9.10. The molecule has 0 aromatic heterocycles. The summed E-state index contributed by atoms with van der Waals surface area (Å²) in [7, 11) is 0. The van der Waals surface area contributed by atoms with Gasteiger partial charge < -0.3 is 14.9 Å². The van der Waals surface area contributed by atoms with Gasteiger partial charge in [0.05, 0.1) is 11.1 Å². The third-order valence-corrected chi connectivity index (χ3v) is 3.41. The Labute approximate surface area is 120 Å². The van der Waals surface area contributed by atoms with Gasteiger partial charge in [-0.3, -0.25) is 0 Å². The number of para-hydroxylation sites is 1. The van der Waals surface area contributed by atoms with E-state index in [0.29, 0.717) is 11.3 Å².